The molecule has 0 bridgehead atoms. The fourth-order valence-electron chi connectivity index (χ4n) is 3.02. The number of carbonyl (C=O) groups excluding carboxylic acids is 2. The molecule has 2 aromatic heterocycles. The predicted molar refractivity (Wildman–Crippen MR) is 137 cm³/mol. The molecule has 14 heteroatoms. The van der Waals surface area contributed by atoms with Gasteiger partial charge in [-0.15, -0.1) is 23.1 Å². The van der Waals surface area contributed by atoms with E-state index in [9.17, 15) is 38.1 Å². The number of hydrogen-bond acceptors (Lipinski definition) is 10. The lowest BCUT2D eigenvalue weighted by Gasteiger charge is -2.15. The molecule has 0 unspecified atom stereocenters. The summed E-state index contributed by atoms with van der Waals surface area (Å²) >= 11 is 2.25. The van der Waals surface area contributed by atoms with Crippen molar-refractivity contribution in [2.75, 3.05) is 5.75 Å². The van der Waals surface area contributed by atoms with E-state index < -0.39 is 51.6 Å². The minimum absolute atomic E-state index is 0.00257. The Morgan fingerprint density at radius 1 is 1.08 bits per heavy atom. The van der Waals surface area contributed by atoms with Crippen molar-refractivity contribution in [3.8, 4) is 11.5 Å². The number of Topliss-reactive ketones (excluding diaryl/α,β-unsaturated/α-hetero) is 1. The number of rotatable bonds is 13. The van der Waals surface area contributed by atoms with Crippen LogP contribution in [0.15, 0.2) is 59.8 Å². The molecule has 0 aliphatic carbocycles. The summed E-state index contributed by atoms with van der Waals surface area (Å²) < 4.78 is 27.2. The maximum Gasteiger partial charge on any atom is 0.305 e. The third kappa shape index (κ3) is 8.28. The number of nitrogens with one attached hydrogen (secondary N) is 2. The summed E-state index contributed by atoms with van der Waals surface area (Å²) in [4.78, 5) is 40.9. The highest BCUT2D eigenvalue weighted by Crippen LogP contribution is 2.27. The number of ketones is 1. The normalized spacial score (nSPS) is 12.1. The van der Waals surface area contributed by atoms with Crippen LogP contribution in [0, 0.1) is 0 Å². The van der Waals surface area contributed by atoms with Gasteiger partial charge in [-0.3, -0.25) is 19.4 Å². The van der Waals surface area contributed by atoms with E-state index in [0.29, 0.717) is 10.6 Å². The van der Waals surface area contributed by atoms with Crippen LogP contribution < -0.4 is 10.0 Å². The largest absolute Gasteiger partial charge is 0.504 e. The number of phenols is 2. The van der Waals surface area contributed by atoms with E-state index in [1.807, 2.05) is 6.07 Å². The zero-order chi connectivity index (χ0) is 27.0. The summed E-state index contributed by atoms with van der Waals surface area (Å²) in [5, 5.41) is 30.5. The van der Waals surface area contributed by atoms with Crippen LogP contribution in [0.3, 0.4) is 0 Å². The van der Waals surface area contributed by atoms with E-state index in [0.717, 1.165) is 35.1 Å². The second-order valence-electron chi connectivity index (χ2n) is 7.69. The summed E-state index contributed by atoms with van der Waals surface area (Å²) in [5.74, 6) is -2.87. The topological polar surface area (TPSA) is 183 Å². The molecule has 3 rings (SSSR count). The Labute approximate surface area is 220 Å². The minimum Gasteiger partial charge on any atom is -0.504 e. The lowest BCUT2D eigenvalue weighted by molar-refractivity contribution is -0.139. The number of aromatic nitrogens is 1. The third-order valence-electron chi connectivity index (χ3n) is 4.89. The second-order valence-corrected chi connectivity index (χ2v) is 11.6. The molecule has 3 aromatic rings. The van der Waals surface area contributed by atoms with Gasteiger partial charge in [0.05, 0.1) is 28.0 Å². The highest BCUT2D eigenvalue weighted by Gasteiger charge is 2.25. The van der Waals surface area contributed by atoms with Crippen molar-refractivity contribution in [2.45, 2.75) is 29.7 Å². The van der Waals surface area contributed by atoms with Crippen molar-refractivity contribution >= 4 is 50.8 Å². The highest BCUT2D eigenvalue weighted by atomic mass is 32.2. The van der Waals surface area contributed by atoms with Gasteiger partial charge in [-0.1, -0.05) is 6.07 Å². The summed E-state index contributed by atoms with van der Waals surface area (Å²) in [6.07, 6.45) is 2.72. The Morgan fingerprint density at radius 2 is 1.86 bits per heavy atom. The molecule has 37 heavy (non-hydrogen) atoms. The van der Waals surface area contributed by atoms with Crippen LogP contribution in [0.25, 0.3) is 0 Å². The molecule has 0 spiro atoms. The van der Waals surface area contributed by atoms with Gasteiger partial charge in [0.25, 0.3) is 5.91 Å². The van der Waals surface area contributed by atoms with Gasteiger partial charge >= 0.3 is 5.97 Å². The summed E-state index contributed by atoms with van der Waals surface area (Å²) in [6, 6.07) is 8.43. The molecule has 0 saturated heterocycles. The summed E-state index contributed by atoms with van der Waals surface area (Å²) in [5.41, 5.74) is 0.906. The van der Waals surface area contributed by atoms with Gasteiger partial charge in [0.15, 0.2) is 17.3 Å². The number of carbonyl (C=O) groups is 3. The molecule has 0 aliphatic heterocycles. The molecule has 1 amide bonds. The first-order valence-corrected chi connectivity index (χ1v) is 14.1. The van der Waals surface area contributed by atoms with Crippen molar-refractivity contribution < 1.29 is 38.1 Å². The number of nitrogens with zero attached hydrogens (tertiary/aromatic N) is 1. The van der Waals surface area contributed by atoms with Gasteiger partial charge in [0.2, 0.25) is 10.0 Å². The lowest BCUT2D eigenvalue weighted by Crippen LogP contribution is -2.43. The van der Waals surface area contributed by atoms with E-state index in [2.05, 4.69) is 15.0 Å². The monoisotopic (exact) mass is 565 g/mol. The standard InChI is InChI=1S/C23H23N3O8S3/c27-18-5-4-16(8-19(18)28)37(33,34)25-11-15-3-6-21(36-15)23(32)26-17(9-22(30)31)20(29)13-35-12-14-2-1-7-24-10-14/h1-8,10,17,25,27-28H,9,11-13H2,(H,26,32)(H,30,31)/t17-/m0/s1. The molecule has 11 nitrogen and oxygen atoms in total. The number of aliphatic carboxylic acids is 1. The number of amides is 1. The number of thioether (sulfide) groups is 1. The van der Waals surface area contributed by atoms with Crippen LogP contribution in [-0.2, 0) is 31.9 Å². The van der Waals surface area contributed by atoms with Crippen LogP contribution in [0.2, 0.25) is 0 Å². The molecule has 2 heterocycles. The first-order chi connectivity index (χ1) is 17.5. The summed E-state index contributed by atoms with van der Waals surface area (Å²) in [7, 11) is -4.01. The fourth-order valence-corrected chi connectivity index (χ4v) is 5.90. The van der Waals surface area contributed by atoms with E-state index in [4.69, 9.17) is 0 Å². The Balaban J connectivity index is 1.58. The van der Waals surface area contributed by atoms with Crippen molar-refractivity contribution in [3.05, 3.63) is 70.2 Å². The van der Waals surface area contributed by atoms with Gasteiger partial charge < -0.3 is 20.6 Å². The fraction of sp³-hybridized carbons (Fsp3) is 0.217. The van der Waals surface area contributed by atoms with Crippen LogP contribution in [0.5, 0.6) is 11.5 Å². The molecule has 196 valence electrons. The van der Waals surface area contributed by atoms with Gasteiger partial charge in [-0.2, -0.15) is 0 Å². The summed E-state index contributed by atoms with van der Waals surface area (Å²) in [6.45, 7) is -0.162. The second kappa shape index (κ2) is 12.7. The minimum atomic E-state index is -4.01. The van der Waals surface area contributed by atoms with Gasteiger partial charge in [0, 0.05) is 35.6 Å². The first-order valence-electron chi connectivity index (χ1n) is 10.7. The molecular weight excluding hydrogens is 542 g/mol. The Kier molecular flexibility index (Phi) is 9.63. The van der Waals surface area contributed by atoms with E-state index in [1.165, 1.54) is 23.9 Å². The molecule has 0 fully saturated rings. The maximum atomic E-state index is 12.7. The van der Waals surface area contributed by atoms with Crippen molar-refractivity contribution in [2.24, 2.45) is 0 Å². The average Bonchev–Trinajstić information content (AvgIpc) is 3.34. The number of carboxylic acid groups (broad SMARTS) is 1. The third-order valence-corrected chi connectivity index (χ3v) is 8.40. The zero-order valence-electron chi connectivity index (χ0n) is 19.2. The molecule has 0 radical (unpaired) electrons. The maximum absolute atomic E-state index is 12.7. The molecule has 5 N–H and O–H groups in total. The smallest absolute Gasteiger partial charge is 0.305 e. The number of thiophene rings is 1. The lowest BCUT2D eigenvalue weighted by atomic mass is 10.1. The SMILES string of the molecule is O=C(O)C[C@H](NC(=O)c1ccc(CNS(=O)(=O)c2ccc(O)c(O)c2)s1)C(=O)CSCc1cccnc1. The molecule has 1 atom stereocenters. The van der Waals surface area contributed by atoms with Gasteiger partial charge in [-0.25, -0.2) is 13.1 Å². The van der Waals surface area contributed by atoms with Crippen LogP contribution in [-0.4, -0.2) is 58.2 Å². The Hall–Kier alpha value is -3.46. The van der Waals surface area contributed by atoms with Gasteiger partial charge in [0.1, 0.15) is 0 Å². The van der Waals surface area contributed by atoms with Crippen LogP contribution >= 0.6 is 23.1 Å². The highest BCUT2D eigenvalue weighted by molar-refractivity contribution is 7.99. The predicted octanol–water partition coefficient (Wildman–Crippen LogP) is 2.11. The number of phenolic OH excluding ortho intramolecular Hbond substituents is 2. The number of benzene rings is 1. The first kappa shape index (κ1) is 28.1. The Bertz CT molecular complexity index is 1380. The molecule has 0 aliphatic rings. The van der Waals surface area contributed by atoms with Crippen molar-refractivity contribution in [1.82, 2.24) is 15.0 Å². The Morgan fingerprint density at radius 3 is 2.54 bits per heavy atom. The van der Waals surface area contributed by atoms with Crippen molar-refractivity contribution in [1.29, 1.82) is 0 Å². The number of hydrogen-bond donors (Lipinski definition) is 5. The van der Waals surface area contributed by atoms with Crippen molar-refractivity contribution in [3.63, 3.8) is 0 Å². The van der Waals surface area contributed by atoms with E-state index in [-0.39, 0.29) is 22.1 Å². The zero-order valence-corrected chi connectivity index (χ0v) is 21.6. The average molecular weight is 566 g/mol. The number of aromatic hydroxyl groups is 2. The molecular formula is C23H23N3O8S3. The number of carboxylic acids is 1. The van der Waals surface area contributed by atoms with E-state index >= 15 is 0 Å². The molecule has 1 aromatic carbocycles. The van der Waals surface area contributed by atoms with E-state index in [1.54, 1.807) is 18.5 Å². The van der Waals surface area contributed by atoms with Crippen LogP contribution in [0.4, 0.5) is 0 Å². The molecule has 0 saturated carbocycles. The van der Waals surface area contributed by atoms with Crippen LogP contribution in [0.1, 0.15) is 26.5 Å². The number of sulfonamides is 1. The van der Waals surface area contributed by atoms with Gasteiger partial charge in [-0.05, 0) is 35.9 Å². The quantitative estimate of drug-likeness (QED) is 0.192. The number of pyridine rings is 1.